The maximum Gasteiger partial charge on any atom is 0.0350 e. The van der Waals surface area contributed by atoms with Gasteiger partial charge < -0.3 is 4.90 Å². The van der Waals surface area contributed by atoms with Crippen molar-refractivity contribution in [3.8, 4) is 0 Å². The number of fused-ring (bicyclic) bond motifs is 1. The summed E-state index contributed by atoms with van der Waals surface area (Å²) >= 11 is 0. The molecule has 2 saturated heterocycles. The number of hydrogen-bond acceptors (Lipinski definition) is 2. The molecule has 3 rings (SSSR count). The lowest BCUT2D eigenvalue weighted by atomic mass is 9.71. The fraction of sp³-hybridized carbons (Fsp3) is 1.00. The van der Waals surface area contributed by atoms with Crippen molar-refractivity contribution >= 4 is 0 Å². The van der Waals surface area contributed by atoms with E-state index in [-0.39, 0.29) is 0 Å². The summed E-state index contributed by atoms with van der Waals surface area (Å²) in [6.45, 7) is 7.87. The zero-order valence-electron chi connectivity index (χ0n) is 10.9. The van der Waals surface area contributed by atoms with Crippen LogP contribution in [0, 0.1) is 17.8 Å². The first kappa shape index (κ1) is 11.0. The first-order chi connectivity index (χ1) is 7.72. The third-order valence-corrected chi connectivity index (χ3v) is 5.22. The van der Waals surface area contributed by atoms with E-state index in [1.54, 1.807) is 0 Å². The molecular weight excluding hydrogens is 196 g/mol. The van der Waals surface area contributed by atoms with Crippen molar-refractivity contribution in [1.82, 2.24) is 9.80 Å². The molecule has 0 aromatic rings. The van der Waals surface area contributed by atoms with Crippen LogP contribution >= 0.6 is 0 Å². The van der Waals surface area contributed by atoms with E-state index in [4.69, 9.17) is 0 Å². The van der Waals surface area contributed by atoms with Crippen molar-refractivity contribution in [2.75, 3.05) is 33.2 Å². The molecule has 0 aromatic carbocycles. The van der Waals surface area contributed by atoms with Gasteiger partial charge in [-0.15, -0.1) is 0 Å². The average Bonchev–Trinajstić information content (AvgIpc) is 2.24. The molecule has 2 unspecified atom stereocenters. The highest BCUT2D eigenvalue weighted by Gasteiger charge is 2.38. The minimum absolute atomic E-state index is 0.892. The van der Waals surface area contributed by atoms with Crippen molar-refractivity contribution in [2.24, 2.45) is 17.8 Å². The Hall–Kier alpha value is -0.0800. The molecule has 0 amide bonds. The van der Waals surface area contributed by atoms with Crippen LogP contribution in [0.15, 0.2) is 0 Å². The Labute approximate surface area is 100.0 Å². The van der Waals surface area contributed by atoms with Crippen LogP contribution in [0.1, 0.15) is 32.6 Å². The van der Waals surface area contributed by atoms with Crippen LogP contribution in [-0.4, -0.2) is 49.1 Å². The summed E-state index contributed by atoms with van der Waals surface area (Å²) in [7, 11) is 2.24. The first-order valence-electron chi connectivity index (χ1n) is 7.15. The van der Waals surface area contributed by atoms with Crippen molar-refractivity contribution in [2.45, 2.75) is 38.6 Å². The maximum atomic E-state index is 2.79. The predicted molar refractivity (Wildman–Crippen MR) is 67.5 cm³/mol. The van der Waals surface area contributed by atoms with Crippen LogP contribution in [0.5, 0.6) is 0 Å². The number of likely N-dealkylation sites (N-methyl/N-ethyl adjacent to an activating group) is 1. The van der Waals surface area contributed by atoms with Crippen molar-refractivity contribution in [3.63, 3.8) is 0 Å². The number of piperidine rings is 1. The fourth-order valence-corrected chi connectivity index (χ4v) is 4.12. The summed E-state index contributed by atoms with van der Waals surface area (Å²) in [4.78, 5) is 5.24. The average molecular weight is 222 g/mol. The minimum atomic E-state index is 0.892. The van der Waals surface area contributed by atoms with Crippen LogP contribution in [0.3, 0.4) is 0 Å². The third-order valence-electron chi connectivity index (χ3n) is 5.22. The molecule has 1 saturated carbocycles. The Bertz CT molecular complexity index is 247. The second-order valence-electron chi connectivity index (χ2n) is 6.60. The van der Waals surface area contributed by atoms with E-state index < -0.39 is 0 Å². The molecular formula is C14H26N2. The van der Waals surface area contributed by atoms with Gasteiger partial charge in [-0.25, -0.2) is 0 Å². The van der Waals surface area contributed by atoms with Crippen LogP contribution in [-0.2, 0) is 0 Å². The maximum absolute atomic E-state index is 2.79. The molecule has 16 heavy (non-hydrogen) atoms. The highest BCUT2D eigenvalue weighted by atomic mass is 15.3. The normalized spacial score (nSPS) is 42.8. The highest BCUT2D eigenvalue weighted by molar-refractivity contribution is 4.92. The van der Waals surface area contributed by atoms with Gasteiger partial charge in [0.1, 0.15) is 0 Å². The molecule has 3 fully saturated rings. The van der Waals surface area contributed by atoms with Gasteiger partial charge in [0.2, 0.25) is 0 Å². The van der Waals surface area contributed by atoms with E-state index in [0.29, 0.717) is 0 Å². The first-order valence-corrected chi connectivity index (χ1v) is 7.15. The summed E-state index contributed by atoms with van der Waals surface area (Å²) < 4.78 is 0. The van der Waals surface area contributed by atoms with E-state index in [2.05, 4.69) is 23.8 Å². The van der Waals surface area contributed by atoms with E-state index in [9.17, 15) is 0 Å². The summed E-state index contributed by atoms with van der Waals surface area (Å²) in [6, 6.07) is 0.892. The molecule has 92 valence electrons. The second-order valence-corrected chi connectivity index (χ2v) is 6.60. The molecule has 0 spiro atoms. The predicted octanol–water partition coefficient (Wildman–Crippen LogP) is 2.06. The van der Waals surface area contributed by atoms with Gasteiger partial charge in [-0.05, 0) is 50.6 Å². The molecule has 0 aromatic heterocycles. The van der Waals surface area contributed by atoms with Gasteiger partial charge in [0, 0.05) is 25.7 Å². The zero-order chi connectivity index (χ0) is 11.1. The van der Waals surface area contributed by atoms with Crippen molar-refractivity contribution in [3.05, 3.63) is 0 Å². The molecule has 0 N–H and O–H groups in total. The molecule has 0 radical (unpaired) electrons. The molecule has 2 aliphatic heterocycles. The van der Waals surface area contributed by atoms with E-state index in [1.807, 2.05) is 0 Å². The van der Waals surface area contributed by atoms with Crippen LogP contribution in [0.2, 0.25) is 0 Å². The number of rotatable bonds is 1. The lowest BCUT2D eigenvalue weighted by Crippen LogP contribution is -2.60. The van der Waals surface area contributed by atoms with Gasteiger partial charge in [0.15, 0.2) is 0 Å². The van der Waals surface area contributed by atoms with Crippen LogP contribution in [0.25, 0.3) is 0 Å². The van der Waals surface area contributed by atoms with Gasteiger partial charge in [-0.2, -0.15) is 0 Å². The lowest BCUT2D eigenvalue weighted by Gasteiger charge is -2.50. The molecule has 3 atom stereocenters. The molecule has 3 aliphatic rings. The van der Waals surface area contributed by atoms with Crippen molar-refractivity contribution in [1.29, 1.82) is 0 Å². The Morgan fingerprint density at radius 3 is 2.50 bits per heavy atom. The molecule has 2 heterocycles. The van der Waals surface area contributed by atoms with Gasteiger partial charge in [0.25, 0.3) is 0 Å². The number of nitrogens with zero attached hydrogens (tertiary/aromatic N) is 2. The summed E-state index contributed by atoms with van der Waals surface area (Å²) in [6.07, 6.45) is 6.00. The van der Waals surface area contributed by atoms with Gasteiger partial charge in [-0.3, -0.25) is 4.90 Å². The lowest BCUT2D eigenvalue weighted by molar-refractivity contribution is -0.00979. The van der Waals surface area contributed by atoms with Gasteiger partial charge in [-0.1, -0.05) is 13.3 Å². The van der Waals surface area contributed by atoms with Gasteiger partial charge >= 0.3 is 0 Å². The van der Waals surface area contributed by atoms with E-state index >= 15 is 0 Å². The van der Waals surface area contributed by atoms with E-state index in [0.717, 1.165) is 23.8 Å². The monoisotopic (exact) mass is 222 g/mol. The highest BCUT2D eigenvalue weighted by Crippen LogP contribution is 2.39. The molecule has 2 heteroatoms. The summed E-state index contributed by atoms with van der Waals surface area (Å²) in [5.74, 6) is 3.10. The quantitative estimate of drug-likeness (QED) is 0.670. The Morgan fingerprint density at radius 1 is 0.938 bits per heavy atom. The summed E-state index contributed by atoms with van der Waals surface area (Å²) in [5, 5.41) is 0. The third kappa shape index (κ3) is 2.02. The Morgan fingerprint density at radius 2 is 1.75 bits per heavy atom. The van der Waals surface area contributed by atoms with Gasteiger partial charge in [0.05, 0.1) is 0 Å². The van der Waals surface area contributed by atoms with Crippen molar-refractivity contribution < 1.29 is 0 Å². The standard InChI is InChI=1S/C14H26N2/c1-11-3-4-12-5-6-16(8-13(12)7-11)14-9-15(2)10-14/h11-14H,3-10H2,1-2H3/t11-,12?,13?/m1/s1. The van der Waals surface area contributed by atoms with E-state index in [1.165, 1.54) is 51.9 Å². The van der Waals surface area contributed by atoms with Crippen LogP contribution < -0.4 is 0 Å². The minimum Gasteiger partial charge on any atom is -0.303 e. The largest absolute Gasteiger partial charge is 0.303 e. The number of hydrogen-bond donors (Lipinski definition) is 0. The molecule has 0 bridgehead atoms. The Kier molecular flexibility index (Phi) is 2.97. The smallest absolute Gasteiger partial charge is 0.0350 e. The van der Waals surface area contributed by atoms with Crippen LogP contribution in [0.4, 0.5) is 0 Å². The number of likely N-dealkylation sites (tertiary alicyclic amines) is 2. The second kappa shape index (κ2) is 4.30. The zero-order valence-corrected chi connectivity index (χ0v) is 10.9. The molecule has 1 aliphatic carbocycles. The topological polar surface area (TPSA) is 6.48 Å². The molecule has 2 nitrogen and oxygen atoms in total. The Balaban J connectivity index is 1.56. The SMILES string of the molecule is C[C@@H]1CCC2CCN(C3CN(C)C3)CC2C1. The fourth-order valence-electron chi connectivity index (χ4n) is 4.12. The summed E-state index contributed by atoms with van der Waals surface area (Å²) in [5.41, 5.74) is 0.